The molecule has 1 aromatic rings. The molecular formula is C32H45N3O5S. The van der Waals surface area contributed by atoms with Crippen molar-refractivity contribution in [1.82, 2.24) is 9.80 Å². The van der Waals surface area contributed by atoms with E-state index in [0.717, 1.165) is 25.0 Å². The number of aliphatic hydroxyl groups excluding tert-OH is 1. The van der Waals surface area contributed by atoms with E-state index in [4.69, 9.17) is 4.74 Å². The first-order valence-electron chi connectivity index (χ1n) is 14.8. The number of aliphatic hydroxyl groups is 1. The van der Waals surface area contributed by atoms with E-state index < -0.39 is 33.4 Å². The van der Waals surface area contributed by atoms with Crippen LogP contribution in [0.2, 0.25) is 0 Å². The highest BCUT2D eigenvalue weighted by molar-refractivity contribution is 8.02. The van der Waals surface area contributed by atoms with Gasteiger partial charge < -0.3 is 24.5 Å². The lowest BCUT2D eigenvalue weighted by Crippen LogP contribution is -2.57. The van der Waals surface area contributed by atoms with Gasteiger partial charge in [-0.15, -0.1) is 24.9 Å². The molecule has 3 aliphatic rings. The summed E-state index contributed by atoms with van der Waals surface area (Å²) in [5.74, 6) is -1.02. The molecule has 4 rings (SSSR count). The van der Waals surface area contributed by atoms with Crippen LogP contribution in [-0.2, 0) is 14.4 Å². The zero-order valence-corrected chi connectivity index (χ0v) is 25.7. The Morgan fingerprint density at radius 3 is 2.44 bits per heavy atom. The van der Waals surface area contributed by atoms with Crippen LogP contribution in [0.1, 0.15) is 53.4 Å². The Morgan fingerprint density at radius 1 is 1.17 bits per heavy atom. The molecule has 3 fully saturated rings. The Kier molecular flexibility index (Phi) is 9.59. The molecule has 1 aromatic carbocycles. The molecule has 2 bridgehead atoms. The molecule has 0 radical (unpaired) electrons. The topological polar surface area (TPSA) is 90.4 Å². The van der Waals surface area contributed by atoms with Crippen molar-refractivity contribution in [3.63, 3.8) is 0 Å². The fraction of sp³-hybridized carbons (Fsp3) is 0.594. The second-order valence-corrected chi connectivity index (χ2v) is 13.5. The minimum absolute atomic E-state index is 0.117. The highest BCUT2D eigenvalue weighted by Gasteiger charge is 2.77. The lowest BCUT2D eigenvalue weighted by atomic mass is 9.66. The number of unbranched alkanes of at least 4 members (excludes halogenated alkanes) is 1. The molecule has 8 nitrogen and oxygen atoms in total. The minimum atomic E-state index is -0.748. The van der Waals surface area contributed by atoms with E-state index in [2.05, 4.69) is 27.0 Å². The van der Waals surface area contributed by atoms with Gasteiger partial charge in [-0.25, -0.2) is 0 Å². The summed E-state index contributed by atoms with van der Waals surface area (Å²) in [6.45, 7) is 17.1. The van der Waals surface area contributed by atoms with Crippen molar-refractivity contribution in [3.8, 4) is 5.75 Å². The molecular weight excluding hydrogens is 538 g/mol. The van der Waals surface area contributed by atoms with Gasteiger partial charge in [-0.2, -0.15) is 0 Å². The summed E-state index contributed by atoms with van der Waals surface area (Å²) in [5, 5.41) is 10.2. The molecule has 6 atom stereocenters. The van der Waals surface area contributed by atoms with E-state index in [1.165, 1.54) is 0 Å². The standard InChI is InChI=1S/C32H45N3O5S/c1-7-11-20-33(18-8-2)30(39)27-32-17-16-31(6,41-32)25(26(32)29(38)35(27)22(5)21-36)28(37)34(19-9-3)23-12-14-24(15-13-23)40-10-4/h8-9,12-15,22,25-27,36H,2-3,7,10-11,16-21H2,1,4-6H3/t22-,25+,26+,27?,31-,32?/m1/s1. The van der Waals surface area contributed by atoms with Gasteiger partial charge in [-0.3, -0.25) is 14.4 Å². The van der Waals surface area contributed by atoms with Crippen LogP contribution in [0.25, 0.3) is 0 Å². The molecule has 1 spiro atoms. The lowest BCUT2D eigenvalue weighted by molar-refractivity contribution is -0.145. The molecule has 41 heavy (non-hydrogen) atoms. The van der Waals surface area contributed by atoms with Crippen LogP contribution in [0.5, 0.6) is 5.75 Å². The molecule has 0 saturated carbocycles. The lowest BCUT2D eigenvalue weighted by Gasteiger charge is -2.39. The Morgan fingerprint density at radius 2 is 1.85 bits per heavy atom. The second-order valence-electron chi connectivity index (χ2n) is 11.6. The van der Waals surface area contributed by atoms with Crippen LogP contribution in [0.15, 0.2) is 49.6 Å². The maximum Gasteiger partial charge on any atom is 0.247 e. The number of thioether (sulfide) groups is 1. The Labute approximate surface area is 248 Å². The first kappa shape index (κ1) is 31.2. The normalized spacial score (nSPS) is 28.8. The molecule has 3 amide bonds. The third-order valence-electron chi connectivity index (χ3n) is 8.93. The predicted octanol–water partition coefficient (Wildman–Crippen LogP) is 4.28. The van der Waals surface area contributed by atoms with Gasteiger partial charge in [0.05, 0.1) is 35.8 Å². The average Bonchev–Trinajstić information content (AvgIpc) is 3.54. The Hall–Kier alpha value is -2.78. The zero-order valence-electron chi connectivity index (χ0n) is 24.9. The predicted molar refractivity (Wildman–Crippen MR) is 164 cm³/mol. The van der Waals surface area contributed by atoms with Crippen LogP contribution < -0.4 is 9.64 Å². The van der Waals surface area contributed by atoms with Crippen molar-refractivity contribution in [2.75, 3.05) is 37.7 Å². The van der Waals surface area contributed by atoms with E-state index >= 15 is 0 Å². The quantitative estimate of drug-likeness (QED) is 0.329. The largest absolute Gasteiger partial charge is 0.494 e. The number of rotatable bonds is 14. The first-order chi connectivity index (χ1) is 19.6. The monoisotopic (exact) mass is 583 g/mol. The average molecular weight is 584 g/mol. The van der Waals surface area contributed by atoms with Gasteiger partial charge in [0.1, 0.15) is 11.8 Å². The van der Waals surface area contributed by atoms with E-state index in [-0.39, 0.29) is 24.3 Å². The van der Waals surface area contributed by atoms with Gasteiger partial charge in [0.25, 0.3) is 0 Å². The highest BCUT2D eigenvalue weighted by Crippen LogP contribution is 2.72. The number of hydrogen-bond acceptors (Lipinski definition) is 6. The van der Waals surface area contributed by atoms with E-state index in [0.29, 0.717) is 38.3 Å². The maximum atomic E-state index is 14.5. The number of hydrogen-bond donors (Lipinski definition) is 1. The number of carbonyl (C=O) groups is 3. The van der Waals surface area contributed by atoms with Crippen LogP contribution in [0.3, 0.4) is 0 Å². The van der Waals surface area contributed by atoms with Crippen molar-refractivity contribution >= 4 is 35.2 Å². The fourth-order valence-corrected chi connectivity index (χ4v) is 9.39. The van der Waals surface area contributed by atoms with Crippen molar-refractivity contribution in [1.29, 1.82) is 0 Å². The molecule has 3 saturated heterocycles. The van der Waals surface area contributed by atoms with E-state index in [1.807, 2.05) is 31.2 Å². The van der Waals surface area contributed by atoms with Crippen LogP contribution in [0, 0.1) is 11.8 Å². The molecule has 2 unspecified atom stereocenters. The number of anilines is 1. The van der Waals surface area contributed by atoms with Gasteiger partial charge in [0, 0.05) is 30.1 Å². The third kappa shape index (κ3) is 5.31. The maximum absolute atomic E-state index is 14.5. The molecule has 3 heterocycles. The smallest absolute Gasteiger partial charge is 0.247 e. The molecule has 1 N–H and O–H groups in total. The summed E-state index contributed by atoms with van der Waals surface area (Å²) >= 11 is 1.65. The number of benzene rings is 1. The first-order valence-corrected chi connectivity index (χ1v) is 15.6. The number of carbonyl (C=O) groups excluding carboxylic acids is 3. The van der Waals surface area contributed by atoms with Gasteiger partial charge in [0.15, 0.2) is 0 Å². The summed E-state index contributed by atoms with van der Waals surface area (Å²) < 4.78 is 4.35. The summed E-state index contributed by atoms with van der Waals surface area (Å²) in [6.07, 6.45) is 6.58. The van der Waals surface area contributed by atoms with Crippen molar-refractivity contribution in [2.24, 2.45) is 11.8 Å². The summed E-state index contributed by atoms with van der Waals surface area (Å²) in [5.41, 5.74) is 0.708. The third-order valence-corrected chi connectivity index (χ3v) is 10.9. The van der Waals surface area contributed by atoms with Crippen molar-refractivity contribution in [2.45, 2.75) is 75.0 Å². The second kappa shape index (κ2) is 12.6. The SMILES string of the molecule is C=CCN(CCCC)C(=O)C1N([C@H](C)CO)C(=O)[C@@H]2[C@@H](C(=O)N(CC=C)c3ccc(OCC)cc3)[C@@]3(C)CCC12S3. The summed E-state index contributed by atoms with van der Waals surface area (Å²) in [7, 11) is 0. The van der Waals surface area contributed by atoms with Crippen LogP contribution >= 0.6 is 11.8 Å². The van der Waals surface area contributed by atoms with Gasteiger partial charge in [-0.1, -0.05) is 25.5 Å². The minimum Gasteiger partial charge on any atom is -0.494 e. The van der Waals surface area contributed by atoms with Crippen LogP contribution in [-0.4, -0.2) is 87.1 Å². The van der Waals surface area contributed by atoms with Gasteiger partial charge in [-0.05, 0) is 64.3 Å². The molecule has 3 aliphatic heterocycles. The van der Waals surface area contributed by atoms with Crippen LogP contribution in [0.4, 0.5) is 5.69 Å². The molecule has 224 valence electrons. The van der Waals surface area contributed by atoms with E-state index in [1.54, 1.807) is 45.5 Å². The number of nitrogens with zero attached hydrogens (tertiary/aromatic N) is 3. The number of likely N-dealkylation sites (tertiary alicyclic amines) is 1. The van der Waals surface area contributed by atoms with Gasteiger partial charge >= 0.3 is 0 Å². The summed E-state index contributed by atoms with van der Waals surface area (Å²) in [6, 6.07) is 6.09. The van der Waals surface area contributed by atoms with Crippen molar-refractivity contribution in [3.05, 3.63) is 49.6 Å². The highest BCUT2D eigenvalue weighted by atomic mass is 32.2. The Balaban J connectivity index is 1.76. The molecule has 9 heteroatoms. The van der Waals surface area contributed by atoms with Crippen molar-refractivity contribution < 1.29 is 24.2 Å². The fourth-order valence-electron chi connectivity index (χ4n) is 7.06. The number of amides is 3. The Bertz CT molecular complexity index is 1160. The van der Waals surface area contributed by atoms with E-state index in [9.17, 15) is 19.5 Å². The number of ether oxygens (including phenoxy) is 1. The summed E-state index contributed by atoms with van der Waals surface area (Å²) in [4.78, 5) is 48.3. The number of fused-ring (bicyclic) bond motifs is 1. The molecule has 0 aromatic heterocycles. The van der Waals surface area contributed by atoms with Gasteiger partial charge in [0.2, 0.25) is 17.7 Å². The molecule has 0 aliphatic carbocycles. The zero-order chi connectivity index (χ0) is 29.9.